The summed E-state index contributed by atoms with van der Waals surface area (Å²) in [6.07, 6.45) is 3.38. The Labute approximate surface area is 106 Å². The van der Waals surface area contributed by atoms with Gasteiger partial charge in [-0.1, -0.05) is 0 Å². The van der Waals surface area contributed by atoms with Crippen LogP contribution in [0.5, 0.6) is 0 Å². The minimum atomic E-state index is -0.427. The second-order valence-corrected chi connectivity index (χ2v) is 4.84. The molecule has 0 unspecified atom stereocenters. The summed E-state index contributed by atoms with van der Waals surface area (Å²) < 4.78 is 26.8. The van der Waals surface area contributed by atoms with E-state index in [1.165, 1.54) is 6.07 Å². The first-order valence-electron chi connectivity index (χ1n) is 6.19. The average molecular weight is 250 g/mol. The third-order valence-electron chi connectivity index (χ3n) is 3.72. The summed E-state index contributed by atoms with van der Waals surface area (Å²) >= 11 is 0. The van der Waals surface area contributed by atoms with Gasteiger partial charge in [-0.2, -0.15) is 5.26 Å². The predicted octanol–water partition coefficient (Wildman–Crippen LogP) is 3.48. The van der Waals surface area contributed by atoms with E-state index in [-0.39, 0.29) is 12.0 Å². The molecule has 0 N–H and O–H groups in total. The monoisotopic (exact) mass is 250 g/mol. The third kappa shape index (κ3) is 2.61. The quantitative estimate of drug-likeness (QED) is 0.803. The topological polar surface area (TPSA) is 27.0 Å². The van der Waals surface area contributed by atoms with Crippen LogP contribution >= 0.6 is 0 Å². The van der Waals surface area contributed by atoms with E-state index in [0.29, 0.717) is 5.69 Å². The molecular weight excluding hydrogens is 234 g/mol. The fourth-order valence-electron chi connectivity index (χ4n) is 2.55. The lowest BCUT2D eigenvalue weighted by atomic mass is 9.86. The molecule has 0 bridgehead atoms. The molecule has 2 rings (SSSR count). The molecule has 2 nitrogen and oxygen atoms in total. The van der Waals surface area contributed by atoms with Crippen molar-refractivity contribution in [3.63, 3.8) is 0 Å². The van der Waals surface area contributed by atoms with Crippen molar-refractivity contribution in [2.75, 3.05) is 11.9 Å². The Hall–Kier alpha value is -1.63. The number of hydrogen-bond acceptors (Lipinski definition) is 2. The van der Waals surface area contributed by atoms with E-state index < -0.39 is 11.6 Å². The summed E-state index contributed by atoms with van der Waals surface area (Å²) in [5, 5.41) is 8.84. The normalized spacial score (nSPS) is 23.4. The Bertz CT molecular complexity index is 459. The molecule has 1 aliphatic carbocycles. The van der Waals surface area contributed by atoms with Crippen LogP contribution in [0.3, 0.4) is 0 Å². The first-order valence-corrected chi connectivity index (χ1v) is 6.19. The molecule has 1 aromatic carbocycles. The maximum atomic E-state index is 13.7. The maximum absolute atomic E-state index is 13.7. The van der Waals surface area contributed by atoms with Crippen molar-refractivity contribution in [1.29, 1.82) is 5.26 Å². The number of hydrogen-bond donors (Lipinski definition) is 0. The summed E-state index contributed by atoms with van der Waals surface area (Å²) in [6.45, 7) is 0. The van der Waals surface area contributed by atoms with Gasteiger partial charge in [0.05, 0.1) is 11.8 Å². The second kappa shape index (κ2) is 5.34. The average Bonchev–Trinajstić information content (AvgIpc) is 2.41. The molecule has 96 valence electrons. The lowest BCUT2D eigenvalue weighted by molar-refractivity contribution is 0.370. The van der Waals surface area contributed by atoms with Crippen molar-refractivity contribution in [1.82, 2.24) is 0 Å². The number of nitrogens with zero attached hydrogens (tertiary/aromatic N) is 2. The van der Waals surface area contributed by atoms with E-state index in [0.717, 1.165) is 37.8 Å². The molecular formula is C14H16F2N2. The van der Waals surface area contributed by atoms with E-state index in [2.05, 4.69) is 6.07 Å². The van der Waals surface area contributed by atoms with Crippen molar-refractivity contribution >= 4 is 5.69 Å². The Morgan fingerprint density at radius 3 is 2.50 bits per heavy atom. The summed E-state index contributed by atoms with van der Waals surface area (Å²) in [7, 11) is 1.79. The zero-order valence-corrected chi connectivity index (χ0v) is 10.4. The SMILES string of the molecule is CN(c1cc(F)ccc1F)C1CCC(C#N)CC1. The van der Waals surface area contributed by atoms with Gasteiger partial charge in [0.25, 0.3) is 0 Å². The number of halogens is 2. The molecule has 0 atom stereocenters. The van der Waals surface area contributed by atoms with E-state index in [1.807, 2.05) is 0 Å². The van der Waals surface area contributed by atoms with Crippen LogP contribution in [-0.4, -0.2) is 13.1 Å². The zero-order valence-electron chi connectivity index (χ0n) is 10.4. The van der Waals surface area contributed by atoms with E-state index >= 15 is 0 Å². The Morgan fingerprint density at radius 1 is 1.22 bits per heavy atom. The standard InChI is InChI=1S/C14H16F2N2/c1-18(12-5-2-10(9-17)3-6-12)14-8-11(15)4-7-13(14)16/h4,7-8,10,12H,2-3,5-6H2,1H3. The van der Waals surface area contributed by atoms with Crippen LogP contribution in [0.4, 0.5) is 14.5 Å². The molecule has 0 saturated heterocycles. The summed E-state index contributed by atoms with van der Waals surface area (Å²) in [6, 6.07) is 5.96. The number of benzene rings is 1. The molecule has 1 saturated carbocycles. The van der Waals surface area contributed by atoms with Crippen LogP contribution in [0.15, 0.2) is 18.2 Å². The summed E-state index contributed by atoms with van der Waals surface area (Å²) in [4.78, 5) is 1.80. The highest BCUT2D eigenvalue weighted by Gasteiger charge is 2.25. The summed E-state index contributed by atoms with van der Waals surface area (Å²) in [5.74, 6) is -0.711. The van der Waals surface area contributed by atoms with Gasteiger partial charge in [-0.05, 0) is 37.8 Å². The van der Waals surface area contributed by atoms with Crippen molar-refractivity contribution in [3.05, 3.63) is 29.8 Å². The Morgan fingerprint density at radius 2 is 1.89 bits per heavy atom. The van der Waals surface area contributed by atoms with Gasteiger partial charge in [0.15, 0.2) is 0 Å². The van der Waals surface area contributed by atoms with Gasteiger partial charge in [0, 0.05) is 25.1 Å². The van der Waals surface area contributed by atoms with Gasteiger partial charge < -0.3 is 4.90 Å². The van der Waals surface area contributed by atoms with Crippen LogP contribution in [0, 0.1) is 28.9 Å². The predicted molar refractivity (Wildman–Crippen MR) is 66.1 cm³/mol. The summed E-state index contributed by atoms with van der Waals surface area (Å²) in [5.41, 5.74) is 0.301. The maximum Gasteiger partial charge on any atom is 0.146 e. The van der Waals surface area contributed by atoms with Crippen LogP contribution in [-0.2, 0) is 0 Å². The smallest absolute Gasteiger partial charge is 0.146 e. The lowest BCUT2D eigenvalue weighted by Crippen LogP contribution is -2.35. The minimum Gasteiger partial charge on any atom is -0.369 e. The zero-order chi connectivity index (χ0) is 13.1. The van der Waals surface area contributed by atoms with Crippen LogP contribution in [0.25, 0.3) is 0 Å². The fourth-order valence-corrected chi connectivity index (χ4v) is 2.55. The van der Waals surface area contributed by atoms with E-state index in [4.69, 9.17) is 5.26 Å². The van der Waals surface area contributed by atoms with E-state index in [9.17, 15) is 8.78 Å². The molecule has 0 amide bonds. The van der Waals surface area contributed by atoms with Crippen LogP contribution in [0.1, 0.15) is 25.7 Å². The van der Waals surface area contributed by atoms with Crippen LogP contribution < -0.4 is 4.90 Å². The molecule has 1 fully saturated rings. The van der Waals surface area contributed by atoms with E-state index in [1.54, 1.807) is 11.9 Å². The van der Waals surface area contributed by atoms with Crippen molar-refractivity contribution in [2.45, 2.75) is 31.7 Å². The van der Waals surface area contributed by atoms with Gasteiger partial charge >= 0.3 is 0 Å². The number of nitriles is 1. The van der Waals surface area contributed by atoms with Gasteiger partial charge in [0.2, 0.25) is 0 Å². The largest absolute Gasteiger partial charge is 0.369 e. The molecule has 0 aromatic heterocycles. The molecule has 0 heterocycles. The molecule has 0 radical (unpaired) electrons. The first-order chi connectivity index (χ1) is 8.61. The highest BCUT2D eigenvalue weighted by molar-refractivity contribution is 5.48. The minimum absolute atomic E-state index is 0.118. The molecule has 0 aliphatic heterocycles. The van der Waals surface area contributed by atoms with Crippen molar-refractivity contribution < 1.29 is 8.78 Å². The van der Waals surface area contributed by atoms with Gasteiger partial charge in [-0.15, -0.1) is 0 Å². The van der Waals surface area contributed by atoms with Gasteiger partial charge in [0.1, 0.15) is 11.6 Å². The fraction of sp³-hybridized carbons (Fsp3) is 0.500. The Kier molecular flexibility index (Phi) is 3.81. The van der Waals surface area contributed by atoms with Crippen molar-refractivity contribution in [2.24, 2.45) is 5.92 Å². The van der Waals surface area contributed by atoms with Crippen molar-refractivity contribution in [3.8, 4) is 6.07 Å². The Balaban J connectivity index is 2.10. The molecule has 18 heavy (non-hydrogen) atoms. The first kappa shape index (κ1) is 12.8. The number of rotatable bonds is 2. The molecule has 0 spiro atoms. The highest BCUT2D eigenvalue weighted by Crippen LogP contribution is 2.30. The van der Waals surface area contributed by atoms with Gasteiger partial charge in [-0.3, -0.25) is 0 Å². The van der Waals surface area contributed by atoms with Gasteiger partial charge in [-0.25, -0.2) is 8.78 Å². The third-order valence-corrected chi connectivity index (χ3v) is 3.72. The number of anilines is 1. The molecule has 4 heteroatoms. The molecule has 1 aliphatic rings. The van der Waals surface area contributed by atoms with Crippen LogP contribution in [0.2, 0.25) is 0 Å². The second-order valence-electron chi connectivity index (χ2n) is 4.84. The lowest BCUT2D eigenvalue weighted by Gasteiger charge is -2.34. The highest BCUT2D eigenvalue weighted by atomic mass is 19.1. The molecule has 1 aromatic rings.